The number of amides is 3. The third kappa shape index (κ3) is 4.16. The first-order chi connectivity index (χ1) is 14.5. The summed E-state index contributed by atoms with van der Waals surface area (Å²) in [6, 6.07) is 20.7. The van der Waals surface area contributed by atoms with E-state index in [2.05, 4.69) is 10.6 Å². The predicted molar refractivity (Wildman–Crippen MR) is 119 cm³/mol. The number of carbonyl (C=O) groups is 2. The van der Waals surface area contributed by atoms with Gasteiger partial charge in [0.25, 0.3) is 0 Å². The third-order valence-electron chi connectivity index (χ3n) is 4.80. The van der Waals surface area contributed by atoms with E-state index in [1.165, 1.54) is 22.7 Å². The number of nitrogens with one attached hydrogen (secondary N) is 2. The van der Waals surface area contributed by atoms with Gasteiger partial charge in [0.1, 0.15) is 11.2 Å². The Morgan fingerprint density at radius 2 is 1.80 bits per heavy atom. The van der Waals surface area contributed by atoms with E-state index in [0.717, 1.165) is 16.8 Å². The van der Waals surface area contributed by atoms with Gasteiger partial charge in [-0.1, -0.05) is 42.5 Å². The Hall–Kier alpha value is -3.32. The minimum atomic E-state index is -0.440. The second kappa shape index (κ2) is 8.59. The molecule has 1 aliphatic rings. The molecule has 3 aromatic carbocycles. The monoisotopic (exact) mass is 421 g/mol. The summed E-state index contributed by atoms with van der Waals surface area (Å²) in [5, 5.41) is 5.28. The number of benzene rings is 3. The molecule has 2 N–H and O–H groups in total. The molecule has 0 radical (unpaired) electrons. The van der Waals surface area contributed by atoms with Gasteiger partial charge in [-0.2, -0.15) is 0 Å². The maximum Gasteiger partial charge on any atom is 0.323 e. The number of thioether (sulfide) groups is 1. The lowest BCUT2D eigenvalue weighted by atomic mass is 10.1. The molecule has 3 aromatic rings. The number of rotatable bonds is 4. The molecule has 7 heteroatoms. The number of hydrogen-bond acceptors (Lipinski definition) is 3. The van der Waals surface area contributed by atoms with Crippen molar-refractivity contribution in [3.63, 3.8) is 0 Å². The van der Waals surface area contributed by atoms with Crippen LogP contribution < -0.4 is 15.5 Å². The molecule has 1 aliphatic heterocycles. The first kappa shape index (κ1) is 20.0. The van der Waals surface area contributed by atoms with Crippen molar-refractivity contribution in [3.8, 4) is 0 Å². The molecule has 0 aromatic heterocycles. The van der Waals surface area contributed by atoms with Gasteiger partial charge >= 0.3 is 6.03 Å². The van der Waals surface area contributed by atoms with Gasteiger partial charge in [0.2, 0.25) is 5.91 Å². The molecule has 3 amide bonds. The van der Waals surface area contributed by atoms with E-state index in [4.69, 9.17) is 0 Å². The average Bonchev–Trinajstić information content (AvgIpc) is 3.11. The molecule has 30 heavy (non-hydrogen) atoms. The van der Waals surface area contributed by atoms with Crippen molar-refractivity contribution in [1.29, 1.82) is 0 Å². The molecule has 0 aliphatic carbocycles. The summed E-state index contributed by atoms with van der Waals surface area (Å²) in [5.41, 5.74) is 3.35. The Morgan fingerprint density at radius 1 is 1.03 bits per heavy atom. The molecule has 4 rings (SSSR count). The van der Waals surface area contributed by atoms with Crippen molar-refractivity contribution < 1.29 is 14.0 Å². The highest BCUT2D eigenvalue weighted by Gasteiger charge is 2.35. The molecule has 5 nitrogen and oxygen atoms in total. The zero-order chi connectivity index (χ0) is 21.1. The standard InChI is InChI=1S/C23H20FN3O2S/c1-15-7-2-4-11-19(15)26-23(29)25-17-9-6-8-16(13-17)22-27(21(28)14-30-22)20-12-5-3-10-18(20)24/h2-13,22H,14H2,1H3,(H2,25,26,29). The fourth-order valence-corrected chi connectivity index (χ4v) is 4.50. The van der Waals surface area contributed by atoms with Crippen LogP contribution in [-0.2, 0) is 4.79 Å². The summed E-state index contributed by atoms with van der Waals surface area (Å²) in [5.74, 6) is -0.319. The lowest BCUT2D eigenvalue weighted by molar-refractivity contribution is -0.115. The largest absolute Gasteiger partial charge is 0.323 e. The van der Waals surface area contributed by atoms with E-state index >= 15 is 0 Å². The van der Waals surface area contributed by atoms with Crippen molar-refractivity contribution in [2.75, 3.05) is 21.3 Å². The number of hydrogen-bond donors (Lipinski definition) is 2. The van der Waals surface area contributed by atoms with Crippen LogP contribution in [0.1, 0.15) is 16.5 Å². The van der Waals surface area contributed by atoms with E-state index in [9.17, 15) is 14.0 Å². The molecule has 0 bridgehead atoms. The zero-order valence-electron chi connectivity index (χ0n) is 16.3. The Bertz CT molecular complexity index is 1110. The Labute approximate surface area is 178 Å². The van der Waals surface area contributed by atoms with Crippen LogP contribution in [0.15, 0.2) is 72.8 Å². The maximum atomic E-state index is 14.3. The first-order valence-electron chi connectivity index (χ1n) is 9.45. The van der Waals surface area contributed by atoms with Gasteiger partial charge in [-0.3, -0.25) is 9.69 Å². The van der Waals surface area contributed by atoms with Gasteiger partial charge in [0.15, 0.2) is 0 Å². The van der Waals surface area contributed by atoms with E-state index < -0.39 is 5.82 Å². The van der Waals surface area contributed by atoms with Crippen LogP contribution in [0.5, 0.6) is 0 Å². The Balaban J connectivity index is 1.54. The lowest BCUT2D eigenvalue weighted by Gasteiger charge is -2.25. The van der Waals surface area contributed by atoms with Crippen molar-refractivity contribution in [2.45, 2.75) is 12.3 Å². The Morgan fingerprint density at radius 3 is 2.60 bits per heavy atom. The smallest absolute Gasteiger partial charge is 0.308 e. The number of aryl methyl sites for hydroxylation is 1. The normalized spacial score (nSPS) is 15.9. The van der Waals surface area contributed by atoms with Crippen LogP contribution >= 0.6 is 11.8 Å². The summed E-state index contributed by atoms with van der Waals surface area (Å²) < 4.78 is 14.3. The summed E-state index contributed by atoms with van der Waals surface area (Å²) in [4.78, 5) is 26.4. The Kier molecular flexibility index (Phi) is 5.72. The highest BCUT2D eigenvalue weighted by atomic mass is 32.2. The number of para-hydroxylation sites is 2. The second-order valence-corrected chi connectivity index (χ2v) is 7.97. The number of nitrogens with zero attached hydrogens (tertiary/aromatic N) is 1. The molecule has 1 fully saturated rings. The first-order valence-corrected chi connectivity index (χ1v) is 10.5. The van der Waals surface area contributed by atoms with Crippen LogP contribution in [0.4, 0.5) is 26.2 Å². The minimum Gasteiger partial charge on any atom is -0.308 e. The number of urea groups is 1. The fourth-order valence-electron chi connectivity index (χ4n) is 3.35. The lowest BCUT2D eigenvalue weighted by Crippen LogP contribution is -2.28. The topological polar surface area (TPSA) is 61.4 Å². The molecule has 0 saturated carbocycles. The third-order valence-corrected chi connectivity index (χ3v) is 6.02. The van der Waals surface area contributed by atoms with Crippen LogP contribution in [-0.4, -0.2) is 17.7 Å². The number of halogens is 1. The van der Waals surface area contributed by atoms with Gasteiger partial charge < -0.3 is 10.6 Å². The van der Waals surface area contributed by atoms with Crippen LogP contribution in [0.25, 0.3) is 0 Å². The molecule has 152 valence electrons. The molecule has 1 saturated heterocycles. The molecular weight excluding hydrogens is 401 g/mol. The molecular formula is C23H20FN3O2S. The van der Waals surface area contributed by atoms with Gasteiger partial charge in [-0.15, -0.1) is 11.8 Å². The van der Waals surface area contributed by atoms with Crippen LogP contribution in [0.3, 0.4) is 0 Å². The predicted octanol–water partition coefficient (Wildman–Crippen LogP) is 5.56. The van der Waals surface area contributed by atoms with Crippen molar-refractivity contribution in [2.24, 2.45) is 0 Å². The average molecular weight is 421 g/mol. The summed E-state index contributed by atoms with van der Waals surface area (Å²) in [6.45, 7) is 1.92. The van der Waals surface area contributed by atoms with Crippen LogP contribution in [0, 0.1) is 12.7 Å². The summed E-state index contributed by atoms with van der Waals surface area (Å²) >= 11 is 1.43. The van der Waals surface area contributed by atoms with Crippen molar-refractivity contribution in [1.82, 2.24) is 0 Å². The van der Waals surface area contributed by atoms with E-state index in [1.807, 2.05) is 49.4 Å². The maximum absolute atomic E-state index is 14.3. The molecule has 1 atom stereocenters. The highest BCUT2D eigenvalue weighted by molar-refractivity contribution is 8.00. The van der Waals surface area contributed by atoms with Crippen molar-refractivity contribution >= 4 is 40.8 Å². The molecule has 1 unspecified atom stereocenters. The van der Waals surface area contributed by atoms with Crippen molar-refractivity contribution in [3.05, 3.63) is 89.7 Å². The fraction of sp³-hybridized carbons (Fsp3) is 0.130. The van der Waals surface area contributed by atoms with Gasteiger partial charge in [-0.25, -0.2) is 9.18 Å². The van der Waals surface area contributed by atoms with E-state index in [0.29, 0.717) is 5.69 Å². The van der Waals surface area contributed by atoms with E-state index in [1.54, 1.807) is 24.3 Å². The summed E-state index contributed by atoms with van der Waals surface area (Å²) in [6.07, 6.45) is 0. The van der Waals surface area contributed by atoms with E-state index in [-0.39, 0.29) is 28.8 Å². The van der Waals surface area contributed by atoms with Gasteiger partial charge in [0, 0.05) is 11.4 Å². The second-order valence-electron chi connectivity index (χ2n) is 6.90. The highest BCUT2D eigenvalue weighted by Crippen LogP contribution is 2.42. The summed E-state index contributed by atoms with van der Waals surface area (Å²) in [7, 11) is 0. The SMILES string of the molecule is Cc1ccccc1NC(=O)Nc1cccc(C2SCC(=O)N2c2ccccc2F)c1. The quantitative estimate of drug-likeness (QED) is 0.580. The number of carbonyl (C=O) groups excluding carboxylic acids is 2. The number of anilines is 3. The minimum absolute atomic E-state index is 0.147. The van der Waals surface area contributed by atoms with Gasteiger partial charge in [0.05, 0.1) is 11.4 Å². The molecule has 0 spiro atoms. The van der Waals surface area contributed by atoms with Crippen LogP contribution in [0.2, 0.25) is 0 Å². The molecule has 1 heterocycles. The van der Waals surface area contributed by atoms with Gasteiger partial charge in [-0.05, 0) is 48.4 Å². The zero-order valence-corrected chi connectivity index (χ0v) is 17.1.